The SMILES string of the molecule is CC(C)(SC(=O)c1ccco1)C(=O)N[C@@H](CSC(=O)c1ccco1)C(=O)O. The van der Waals surface area contributed by atoms with Gasteiger partial charge in [0.25, 0.3) is 10.2 Å². The second-order valence-corrected chi connectivity index (χ2v) is 8.41. The standard InChI is InChI=1S/C17H17NO7S2/c1-17(2,27-15(22)12-6-4-8-25-12)16(23)18-10(13(19)20)9-26-14(21)11-5-3-7-24-11/h3-8,10H,9H2,1-2H3,(H,18,23)(H,19,20)/t10-/m0/s1. The van der Waals surface area contributed by atoms with E-state index >= 15 is 0 Å². The first-order chi connectivity index (χ1) is 12.7. The lowest BCUT2D eigenvalue weighted by molar-refractivity contribution is -0.141. The number of hydrogen-bond donors (Lipinski definition) is 2. The van der Waals surface area contributed by atoms with Gasteiger partial charge in [0.15, 0.2) is 11.5 Å². The lowest BCUT2D eigenvalue weighted by Crippen LogP contribution is -2.49. The molecule has 1 atom stereocenters. The number of amides is 1. The van der Waals surface area contributed by atoms with E-state index in [2.05, 4.69) is 5.32 Å². The molecule has 10 heteroatoms. The zero-order valence-corrected chi connectivity index (χ0v) is 16.1. The van der Waals surface area contributed by atoms with Crippen LogP contribution in [0.3, 0.4) is 0 Å². The number of hydrogen-bond acceptors (Lipinski definition) is 8. The predicted molar refractivity (Wildman–Crippen MR) is 99.8 cm³/mol. The van der Waals surface area contributed by atoms with E-state index in [1.807, 2.05) is 0 Å². The maximum absolute atomic E-state index is 12.5. The van der Waals surface area contributed by atoms with E-state index < -0.39 is 32.9 Å². The smallest absolute Gasteiger partial charge is 0.327 e. The molecule has 0 saturated carbocycles. The average molecular weight is 411 g/mol. The van der Waals surface area contributed by atoms with E-state index in [9.17, 15) is 24.3 Å². The normalized spacial score (nSPS) is 12.4. The van der Waals surface area contributed by atoms with Crippen molar-refractivity contribution in [3.63, 3.8) is 0 Å². The highest BCUT2D eigenvalue weighted by molar-refractivity contribution is 8.15. The van der Waals surface area contributed by atoms with Gasteiger partial charge in [0.05, 0.1) is 17.3 Å². The summed E-state index contributed by atoms with van der Waals surface area (Å²) < 4.78 is 8.70. The second kappa shape index (κ2) is 8.96. The van der Waals surface area contributed by atoms with Gasteiger partial charge in [-0.3, -0.25) is 14.4 Å². The Labute approximate surface area is 163 Å². The molecule has 1 amide bonds. The summed E-state index contributed by atoms with van der Waals surface area (Å²) in [4.78, 5) is 47.9. The van der Waals surface area contributed by atoms with Gasteiger partial charge in [-0.05, 0) is 38.1 Å². The molecule has 27 heavy (non-hydrogen) atoms. The fraction of sp³-hybridized carbons (Fsp3) is 0.294. The summed E-state index contributed by atoms with van der Waals surface area (Å²) in [5.74, 6) is -1.94. The maximum Gasteiger partial charge on any atom is 0.327 e. The van der Waals surface area contributed by atoms with Crippen LogP contribution in [-0.4, -0.2) is 43.8 Å². The summed E-state index contributed by atoms with van der Waals surface area (Å²) in [6, 6.07) is 4.72. The van der Waals surface area contributed by atoms with E-state index in [1.54, 1.807) is 12.1 Å². The molecule has 2 rings (SSSR count). The molecule has 2 heterocycles. The average Bonchev–Trinajstić information content (AvgIpc) is 3.30. The molecule has 0 aromatic carbocycles. The van der Waals surface area contributed by atoms with Gasteiger partial charge in [0.2, 0.25) is 5.91 Å². The summed E-state index contributed by atoms with van der Waals surface area (Å²) in [5.41, 5.74) is 0. The Balaban J connectivity index is 1.95. The molecule has 8 nitrogen and oxygen atoms in total. The highest BCUT2D eigenvalue weighted by Gasteiger charge is 2.35. The van der Waals surface area contributed by atoms with E-state index in [0.29, 0.717) is 0 Å². The van der Waals surface area contributed by atoms with Gasteiger partial charge in [0, 0.05) is 5.75 Å². The van der Waals surface area contributed by atoms with Crippen LogP contribution in [0.1, 0.15) is 35.0 Å². The Bertz CT molecular complexity index is 812. The van der Waals surface area contributed by atoms with Crippen LogP contribution in [0.25, 0.3) is 0 Å². The minimum Gasteiger partial charge on any atom is -0.480 e. The third-order valence-electron chi connectivity index (χ3n) is 3.32. The van der Waals surface area contributed by atoms with Crippen LogP contribution in [0.4, 0.5) is 0 Å². The molecule has 0 bridgehead atoms. The molecule has 0 radical (unpaired) electrons. The summed E-state index contributed by atoms with van der Waals surface area (Å²) in [7, 11) is 0. The number of furan rings is 2. The molecule has 0 aliphatic heterocycles. The van der Waals surface area contributed by atoms with Gasteiger partial charge in [-0.2, -0.15) is 0 Å². The van der Waals surface area contributed by atoms with Gasteiger partial charge in [-0.15, -0.1) is 0 Å². The molecule has 0 spiro atoms. The van der Waals surface area contributed by atoms with Crippen molar-refractivity contribution in [3.8, 4) is 0 Å². The van der Waals surface area contributed by atoms with Crippen molar-refractivity contribution in [2.75, 3.05) is 5.75 Å². The predicted octanol–water partition coefficient (Wildman–Crippen LogP) is 2.67. The fourth-order valence-corrected chi connectivity index (χ4v) is 3.49. The summed E-state index contributed by atoms with van der Waals surface area (Å²) in [6.07, 6.45) is 2.68. The van der Waals surface area contributed by atoms with E-state index in [1.165, 1.54) is 38.5 Å². The van der Waals surface area contributed by atoms with Crippen molar-refractivity contribution in [2.45, 2.75) is 24.6 Å². The van der Waals surface area contributed by atoms with Crippen molar-refractivity contribution in [1.82, 2.24) is 5.32 Å². The van der Waals surface area contributed by atoms with Crippen LogP contribution in [-0.2, 0) is 9.59 Å². The Morgan fingerprint density at radius 3 is 2.11 bits per heavy atom. The lowest BCUT2D eigenvalue weighted by Gasteiger charge is -2.24. The Kier molecular flexibility index (Phi) is 6.92. The minimum atomic E-state index is -1.31. The number of nitrogens with one attached hydrogen (secondary N) is 1. The number of carbonyl (C=O) groups is 4. The monoisotopic (exact) mass is 411 g/mol. The van der Waals surface area contributed by atoms with Crippen LogP contribution in [0, 0.1) is 0 Å². The number of carboxylic acid groups (broad SMARTS) is 1. The minimum absolute atomic E-state index is 0.0928. The third-order valence-corrected chi connectivity index (χ3v) is 5.37. The van der Waals surface area contributed by atoms with Gasteiger partial charge >= 0.3 is 5.97 Å². The molecular weight excluding hydrogens is 394 g/mol. The van der Waals surface area contributed by atoms with E-state index in [4.69, 9.17) is 8.83 Å². The Morgan fingerprint density at radius 2 is 1.63 bits per heavy atom. The fourth-order valence-electron chi connectivity index (χ4n) is 1.85. The molecule has 2 N–H and O–H groups in total. The molecule has 0 aliphatic rings. The highest BCUT2D eigenvalue weighted by atomic mass is 32.2. The van der Waals surface area contributed by atoms with Crippen molar-refractivity contribution in [1.29, 1.82) is 0 Å². The third kappa shape index (κ3) is 5.76. The van der Waals surface area contributed by atoms with Crippen molar-refractivity contribution in [3.05, 3.63) is 48.3 Å². The molecule has 144 valence electrons. The largest absolute Gasteiger partial charge is 0.480 e. The van der Waals surface area contributed by atoms with E-state index in [0.717, 1.165) is 23.5 Å². The van der Waals surface area contributed by atoms with Crippen molar-refractivity contribution >= 4 is 45.6 Å². The number of rotatable bonds is 8. The molecular formula is C17H17NO7S2. The zero-order valence-electron chi connectivity index (χ0n) is 14.5. The lowest BCUT2D eigenvalue weighted by atomic mass is 10.2. The van der Waals surface area contributed by atoms with Gasteiger partial charge < -0.3 is 19.3 Å². The first kappa shape index (κ1) is 20.8. The van der Waals surface area contributed by atoms with Crippen LogP contribution in [0.5, 0.6) is 0 Å². The number of carbonyl (C=O) groups excluding carboxylic acids is 3. The highest BCUT2D eigenvalue weighted by Crippen LogP contribution is 2.29. The van der Waals surface area contributed by atoms with Crippen LogP contribution < -0.4 is 5.32 Å². The number of carboxylic acids is 1. The Hall–Kier alpha value is -2.46. The maximum atomic E-state index is 12.5. The van der Waals surface area contributed by atoms with E-state index in [-0.39, 0.29) is 17.3 Å². The molecule has 2 aromatic rings. The van der Waals surface area contributed by atoms with Gasteiger partial charge in [-0.25, -0.2) is 4.79 Å². The summed E-state index contributed by atoms with van der Waals surface area (Å²) >= 11 is 1.44. The number of aliphatic carboxylic acids is 1. The topological polar surface area (TPSA) is 127 Å². The van der Waals surface area contributed by atoms with Crippen molar-refractivity contribution in [2.24, 2.45) is 0 Å². The van der Waals surface area contributed by atoms with Crippen molar-refractivity contribution < 1.29 is 33.1 Å². The van der Waals surface area contributed by atoms with Crippen LogP contribution >= 0.6 is 23.5 Å². The molecule has 2 aromatic heterocycles. The molecule has 0 aliphatic carbocycles. The van der Waals surface area contributed by atoms with Gasteiger partial charge in [-0.1, -0.05) is 23.5 Å². The first-order valence-electron chi connectivity index (χ1n) is 7.72. The van der Waals surface area contributed by atoms with Crippen LogP contribution in [0.15, 0.2) is 45.6 Å². The summed E-state index contributed by atoms with van der Waals surface area (Å²) in [6.45, 7) is 2.99. The quantitative estimate of drug-likeness (QED) is 0.674. The molecule has 0 unspecified atom stereocenters. The molecule has 0 fully saturated rings. The first-order valence-corrected chi connectivity index (χ1v) is 9.52. The summed E-state index contributed by atoms with van der Waals surface area (Å²) in [5, 5.41) is 10.8. The zero-order chi connectivity index (χ0) is 20.0. The van der Waals surface area contributed by atoms with Crippen LogP contribution in [0.2, 0.25) is 0 Å². The van der Waals surface area contributed by atoms with Gasteiger partial charge in [0.1, 0.15) is 6.04 Å². The second-order valence-electron chi connectivity index (χ2n) is 5.82. The number of thioether (sulfide) groups is 2. The Morgan fingerprint density at radius 1 is 1.07 bits per heavy atom. The molecule has 0 saturated heterocycles.